The second kappa shape index (κ2) is 8.12. The van der Waals surface area contributed by atoms with Gasteiger partial charge in [-0.3, -0.25) is 5.26 Å². The second-order valence-corrected chi connectivity index (χ2v) is 2.98. The van der Waals surface area contributed by atoms with Crippen LogP contribution in [-0.2, 0) is 9.78 Å². The van der Waals surface area contributed by atoms with Crippen molar-refractivity contribution in [1.29, 1.82) is 1.28 Å². The highest BCUT2D eigenvalue weighted by molar-refractivity contribution is 8.04. The zero-order chi connectivity index (χ0) is 9.40. The van der Waals surface area contributed by atoms with Crippen molar-refractivity contribution in [3.05, 3.63) is 23.7 Å². The molecule has 4 nitrogen and oxygen atoms in total. The fourth-order valence-electron chi connectivity index (χ4n) is 0.369. The van der Waals surface area contributed by atoms with Crippen LogP contribution in [0.3, 0.4) is 0 Å². The first kappa shape index (κ1) is 9.11. The Labute approximate surface area is 69.9 Å². The Balaban J connectivity index is 3.92. The summed E-state index contributed by atoms with van der Waals surface area (Å²) in [5.41, 5.74) is 0. The first-order chi connectivity index (χ1) is 5.70. The van der Waals surface area contributed by atoms with Crippen LogP contribution in [0.15, 0.2) is 23.7 Å². The molecule has 0 aromatic rings. The van der Waals surface area contributed by atoms with E-state index in [1.165, 1.54) is 12.2 Å². The maximum atomic E-state index is 8.18. The molecule has 0 bridgehead atoms. The van der Waals surface area contributed by atoms with Crippen molar-refractivity contribution >= 4 is 17.1 Å². The molecule has 0 radical (unpaired) electrons. The van der Waals surface area contributed by atoms with Gasteiger partial charge in [0.05, 0.1) is 1.28 Å². The van der Waals surface area contributed by atoms with E-state index in [0.29, 0.717) is 0 Å². The third kappa shape index (κ3) is 6.42. The Morgan fingerprint density at radius 3 is 2.91 bits per heavy atom. The minimum absolute atomic E-state index is 0.0654. The lowest BCUT2D eigenvalue weighted by Crippen LogP contribution is -1.96. The lowest BCUT2D eigenvalue weighted by molar-refractivity contribution is -0.268. The molecule has 64 valence electrons. The van der Waals surface area contributed by atoms with Gasteiger partial charge >= 0.3 is 0 Å². The molecule has 2 N–H and O–H groups in total. The van der Waals surface area contributed by atoms with Crippen molar-refractivity contribution in [3.63, 3.8) is 0 Å². The lowest BCUT2D eigenvalue weighted by Gasteiger charge is -1.97. The molecule has 0 aliphatic rings. The zero-order valence-electron chi connectivity index (χ0n) is 6.67. The topological polar surface area (TPSA) is 58.9 Å². The highest BCUT2D eigenvalue weighted by Crippen LogP contribution is 2.20. The molecule has 6 heteroatoms. The Morgan fingerprint density at radius 1 is 1.73 bits per heavy atom. The maximum Gasteiger partial charge on any atom is 0.171 e. The van der Waals surface area contributed by atoms with Gasteiger partial charge in [-0.15, -0.1) is 8.93 Å². The molecule has 0 aromatic carbocycles. The standard InChI is InChI=1S/C5H10O4P2/c6-8-4-5(9-7)2-1-3-11-10/h1-3,6-7,11H,4,10H2/i11T. The summed E-state index contributed by atoms with van der Waals surface area (Å²) >= 11 is 0. The summed E-state index contributed by atoms with van der Waals surface area (Å²) in [6.45, 7) is -0.229. The van der Waals surface area contributed by atoms with Crippen molar-refractivity contribution in [1.82, 2.24) is 0 Å². The van der Waals surface area contributed by atoms with E-state index in [1.807, 2.05) is 0 Å². The first-order valence-corrected chi connectivity index (χ1v) is 5.27. The Kier molecular flexibility index (Phi) is 6.73. The fourth-order valence-corrected chi connectivity index (χ4v) is 0.852. The average Bonchev–Trinajstić information content (AvgIpc) is 2.02. The van der Waals surface area contributed by atoms with Crippen LogP contribution in [0, 0.1) is 0 Å². The molecule has 0 saturated carbocycles. The van der Waals surface area contributed by atoms with Gasteiger partial charge in [-0.05, 0) is 6.08 Å². The van der Waals surface area contributed by atoms with Crippen molar-refractivity contribution in [2.45, 2.75) is 0 Å². The quantitative estimate of drug-likeness (QED) is 0.232. The second-order valence-electron chi connectivity index (χ2n) is 1.49. The van der Waals surface area contributed by atoms with Gasteiger partial charge in [0.2, 0.25) is 0 Å². The molecule has 0 heterocycles. The van der Waals surface area contributed by atoms with Crippen molar-refractivity contribution in [2.75, 3.05) is 6.61 Å². The summed E-state index contributed by atoms with van der Waals surface area (Å²) in [5, 5.41) is 16.2. The Bertz CT molecular complexity index is 171. The summed E-state index contributed by atoms with van der Waals surface area (Å²) in [4.78, 5) is 7.55. The summed E-state index contributed by atoms with van der Waals surface area (Å²) in [5.74, 6) is 1.67. The molecule has 0 fully saturated rings. The number of allylic oxidation sites excluding steroid dienone is 2. The Hall–Kier alpha value is 0.0200. The minimum atomic E-state index is -0.944. The molecule has 0 rings (SSSR count). The molecule has 0 amide bonds. The molecule has 2 atom stereocenters. The van der Waals surface area contributed by atoms with Crippen LogP contribution in [0.25, 0.3) is 0 Å². The summed E-state index contributed by atoms with van der Waals surface area (Å²) < 4.78 is 7.11. The van der Waals surface area contributed by atoms with Gasteiger partial charge < -0.3 is 4.89 Å². The number of rotatable bonds is 5. The van der Waals surface area contributed by atoms with Crippen molar-refractivity contribution in [2.24, 2.45) is 0 Å². The SMILES string of the molecule is [3H]P(P)C=CC=C(COO)OO. The van der Waals surface area contributed by atoms with Crippen LogP contribution in [0.1, 0.15) is 0 Å². The summed E-state index contributed by atoms with van der Waals surface area (Å²) in [6.07, 6.45) is 2.93. The third-order valence-electron chi connectivity index (χ3n) is 0.778. The molecule has 2 unspecified atom stereocenters. The molecule has 0 aliphatic heterocycles. The van der Waals surface area contributed by atoms with Gasteiger partial charge in [-0.2, -0.15) is 0 Å². The van der Waals surface area contributed by atoms with E-state index in [0.717, 1.165) is 0 Å². The maximum absolute atomic E-state index is 8.18. The highest BCUT2D eigenvalue weighted by Gasteiger charge is 1.94. The minimum Gasteiger partial charge on any atom is -0.342 e. The Morgan fingerprint density at radius 2 is 2.45 bits per heavy atom. The van der Waals surface area contributed by atoms with Gasteiger partial charge in [0.15, 0.2) is 5.76 Å². The van der Waals surface area contributed by atoms with Crippen LogP contribution < -0.4 is 0 Å². The van der Waals surface area contributed by atoms with E-state index >= 15 is 0 Å². The van der Waals surface area contributed by atoms with Crippen molar-refractivity contribution in [3.8, 4) is 0 Å². The molecule has 0 aliphatic carbocycles. The average molecular weight is 198 g/mol. The van der Waals surface area contributed by atoms with Crippen LogP contribution in [-0.4, -0.2) is 18.4 Å². The van der Waals surface area contributed by atoms with Gasteiger partial charge in [-0.1, -0.05) is 20.1 Å². The molecule has 0 spiro atoms. The summed E-state index contributed by atoms with van der Waals surface area (Å²) in [6, 6.07) is 0. The number of hydrogen-bond donors (Lipinski definition) is 2. The van der Waals surface area contributed by atoms with E-state index in [9.17, 15) is 0 Å². The molecule has 0 aromatic heterocycles. The van der Waals surface area contributed by atoms with Crippen LogP contribution in [0.5, 0.6) is 0 Å². The largest absolute Gasteiger partial charge is 0.342 e. The van der Waals surface area contributed by atoms with Crippen LogP contribution >= 0.6 is 17.1 Å². The normalized spacial score (nSPS) is 16.6. The van der Waals surface area contributed by atoms with Gasteiger partial charge in [0, 0.05) is 0 Å². The third-order valence-corrected chi connectivity index (χ3v) is 1.64. The predicted octanol–water partition coefficient (Wildman–Crippen LogP) is 1.83. The van der Waals surface area contributed by atoms with Gasteiger partial charge in [0.1, 0.15) is 6.61 Å². The number of hydrogen-bond acceptors (Lipinski definition) is 4. The molecular formula is C5H10O4P2. The van der Waals surface area contributed by atoms with Crippen molar-refractivity contribution < 1.29 is 20.3 Å². The molecular weight excluding hydrogens is 186 g/mol. The van der Waals surface area contributed by atoms with E-state index in [1.54, 1.807) is 5.82 Å². The smallest absolute Gasteiger partial charge is 0.171 e. The lowest BCUT2D eigenvalue weighted by atomic mass is 10.4. The highest BCUT2D eigenvalue weighted by atomic mass is 32.0. The van der Waals surface area contributed by atoms with E-state index in [2.05, 4.69) is 18.7 Å². The first-order valence-electron chi connectivity index (χ1n) is 3.13. The zero-order valence-corrected chi connectivity index (χ0v) is 7.72. The van der Waals surface area contributed by atoms with E-state index < -0.39 is 8.21 Å². The predicted molar refractivity (Wildman–Crippen MR) is 47.5 cm³/mol. The van der Waals surface area contributed by atoms with Crippen LogP contribution in [0.2, 0.25) is 0 Å². The fraction of sp³-hybridized carbons (Fsp3) is 0.200. The van der Waals surface area contributed by atoms with Crippen LogP contribution in [0.4, 0.5) is 0 Å². The van der Waals surface area contributed by atoms with Gasteiger partial charge in [-0.25, -0.2) is 10.1 Å². The summed E-state index contributed by atoms with van der Waals surface area (Å²) in [7, 11) is 1.37. The van der Waals surface area contributed by atoms with Gasteiger partial charge in [0.25, 0.3) is 0 Å². The van der Waals surface area contributed by atoms with E-state index in [-0.39, 0.29) is 12.4 Å². The monoisotopic (exact) mass is 198 g/mol. The molecule has 11 heavy (non-hydrogen) atoms. The van der Waals surface area contributed by atoms with E-state index in [4.69, 9.17) is 11.8 Å². The molecule has 0 saturated heterocycles.